The number of carboxylic acid groups (broad SMARTS) is 2. The first-order valence-electron chi connectivity index (χ1n) is 10.7. The molecule has 0 aromatic rings. The molecule has 32 heavy (non-hydrogen) atoms. The van der Waals surface area contributed by atoms with Crippen molar-refractivity contribution in [3.05, 3.63) is 0 Å². The van der Waals surface area contributed by atoms with E-state index in [2.05, 4.69) is 10.6 Å². The molecule has 0 rings (SSSR count). The van der Waals surface area contributed by atoms with Crippen LogP contribution in [0.3, 0.4) is 0 Å². The fourth-order valence-electron chi connectivity index (χ4n) is 2.26. The Balaban J connectivity index is 0. The zero-order chi connectivity index (χ0) is 25.9. The third-order valence-corrected chi connectivity index (χ3v) is 3.85. The molecular formula is C22H42N2O8. The van der Waals surface area contributed by atoms with Crippen molar-refractivity contribution in [2.45, 2.75) is 105 Å². The van der Waals surface area contributed by atoms with Crippen molar-refractivity contribution in [1.82, 2.24) is 10.6 Å². The van der Waals surface area contributed by atoms with E-state index in [9.17, 15) is 19.2 Å². The molecule has 10 nitrogen and oxygen atoms in total. The number of rotatable bonds is 8. The summed E-state index contributed by atoms with van der Waals surface area (Å²) < 4.78 is 9.99. The van der Waals surface area contributed by atoms with Crippen LogP contribution in [0.25, 0.3) is 0 Å². The molecule has 0 aliphatic heterocycles. The van der Waals surface area contributed by atoms with E-state index in [1.54, 1.807) is 48.5 Å². The van der Waals surface area contributed by atoms with Crippen molar-refractivity contribution in [3.63, 3.8) is 0 Å². The second-order valence-corrected chi connectivity index (χ2v) is 10.0. The summed E-state index contributed by atoms with van der Waals surface area (Å²) in [6.45, 7) is 17.8. The quantitative estimate of drug-likeness (QED) is 0.422. The Bertz CT molecular complexity index is 620. The second-order valence-electron chi connectivity index (χ2n) is 10.0. The van der Waals surface area contributed by atoms with Gasteiger partial charge in [-0.05, 0) is 59.8 Å². The molecule has 0 bridgehead atoms. The molecule has 10 heteroatoms. The van der Waals surface area contributed by atoms with E-state index >= 15 is 0 Å². The van der Waals surface area contributed by atoms with Gasteiger partial charge in [0, 0.05) is 0 Å². The van der Waals surface area contributed by atoms with Crippen LogP contribution in [0.15, 0.2) is 0 Å². The van der Waals surface area contributed by atoms with Crippen molar-refractivity contribution < 1.29 is 38.9 Å². The third-order valence-electron chi connectivity index (χ3n) is 3.85. The number of alkyl carbamates (subject to hydrolysis) is 2. The highest BCUT2D eigenvalue weighted by Gasteiger charge is 2.27. The molecule has 0 spiro atoms. The Hall–Kier alpha value is -2.52. The molecule has 0 fully saturated rings. The normalized spacial score (nSPS) is 14.2. The molecule has 0 unspecified atom stereocenters. The molecule has 0 aliphatic carbocycles. The standard InChI is InChI=1S/2C11H21NO4/c1-7(2)6-8(9(13)14)12-10(15)16-11(3,4)5;1-6-7(2)8(9(13)14)12-10(15)16-11(3,4)5/h2*7-8H,6H2,1-5H3,(H,12,15)(H,13,14)/t8-;7-,8+/m01/s1. The lowest BCUT2D eigenvalue weighted by Crippen LogP contribution is -2.46. The van der Waals surface area contributed by atoms with Crippen LogP contribution in [0.2, 0.25) is 0 Å². The molecule has 0 aliphatic rings. The minimum atomic E-state index is -1.04. The first kappa shape index (κ1) is 31.7. The van der Waals surface area contributed by atoms with Gasteiger partial charge < -0.3 is 30.3 Å². The van der Waals surface area contributed by atoms with Crippen LogP contribution < -0.4 is 10.6 Å². The fraction of sp³-hybridized carbons (Fsp3) is 0.818. The third kappa shape index (κ3) is 17.2. The Morgan fingerprint density at radius 3 is 1.47 bits per heavy atom. The molecule has 188 valence electrons. The lowest BCUT2D eigenvalue weighted by molar-refractivity contribution is -0.141. The highest BCUT2D eigenvalue weighted by atomic mass is 16.6. The molecule has 0 aromatic carbocycles. The number of aliphatic carboxylic acids is 2. The van der Waals surface area contributed by atoms with Crippen LogP contribution >= 0.6 is 0 Å². The maximum absolute atomic E-state index is 11.4. The summed E-state index contributed by atoms with van der Waals surface area (Å²) >= 11 is 0. The van der Waals surface area contributed by atoms with Gasteiger partial charge >= 0.3 is 24.1 Å². The van der Waals surface area contributed by atoms with E-state index in [1.807, 2.05) is 20.8 Å². The van der Waals surface area contributed by atoms with E-state index in [-0.39, 0.29) is 11.8 Å². The maximum Gasteiger partial charge on any atom is 0.408 e. The van der Waals surface area contributed by atoms with Gasteiger partial charge in [-0.15, -0.1) is 0 Å². The van der Waals surface area contributed by atoms with E-state index in [1.165, 1.54) is 0 Å². The van der Waals surface area contributed by atoms with Gasteiger partial charge in [-0.3, -0.25) is 0 Å². The van der Waals surface area contributed by atoms with Crippen molar-refractivity contribution in [2.24, 2.45) is 11.8 Å². The zero-order valence-corrected chi connectivity index (χ0v) is 21.1. The molecule has 0 heterocycles. The monoisotopic (exact) mass is 462 g/mol. The zero-order valence-electron chi connectivity index (χ0n) is 21.1. The summed E-state index contributed by atoms with van der Waals surface area (Å²) in [6.07, 6.45) is -0.331. The lowest BCUT2D eigenvalue weighted by atomic mass is 10.00. The number of amides is 2. The van der Waals surface area contributed by atoms with Gasteiger partial charge in [0.05, 0.1) is 0 Å². The number of carboxylic acids is 2. The molecule has 3 atom stereocenters. The van der Waals surface area contributed by atoms with E-state index < -0.39 is 47.4 Å². The van der Waals surface area contributed by atoms with Gasteiger partial charge in [-0.25, -0.2) is 19.2 Å². The predicted molar refractivity (Wildman–Crippen MR) is 120 cm³/mol. The highest BCUT2D eigenvalue weighted by molar-refractivity contribution is 5.80. The van der Waals surface area contributed by atoms with E-state index in [4.69, 9.17) is 19.7 Å². The topological polar surface area (TPSA) is 151 Å². The average molecular weight is 463 g/mol. The molecule has 0 saturated heterocycles. The van der Waals surface area contributed by atoms with Crippen LogP contribution in [0.5, 0.6) is 0 Å². The number of nitrogens with one attached hydrogen (secondary N) is 2. The smallest absolute Gasteiger partial charge is 0.408 e. The molecule has 0 aromatic heterocycles. The summed E-state index contributed by atoms with van der Waals surface area (Å²) in [7, 11) is 0. The largest absolute Gasteiger partial charge is 0.480 e. The van der Waals surface area contributed by atoms with Gasteiger partial charge in [0.25, 0.3) is 0 Å². The summed E-state index contributed by atoms with van der Waals surface area (Å²) in [5, 5.41) is 22.6. The van der Waals surface area contributed by atoms with Gasteiger partial charge in [-0.1, -0.05) is 34.1 Å². The minimum Gasteiger partial charge on any atom is -0.480 e. The number of ether oxygens (including phenoxy) is 2. The van der Waals surface area contributed by atoms with E-state index in [0.29, 0.717) is 12.8 Å². The Labute approximate surface area is 191 Å². The predicted octanol–water partition coefficient (Wildman–Crippen LogP) is 4.02. The van der Waals surface area contributed by atoms with Crippen molar-refractivity contribution in [3.8, 4) is 0 Å². The van der Waals surface area contributed by atoms with Crippen LogP contribution in [0.4, 0.5) is 9.59 Å². The maximum atomic E-state index is 11.4. The van der Waals surface area contributed by atoms with Crippen molar-refractivity contribution >= 4 is 24.1 Å². The first-order valence-corrected chi connectivity index (χ1v) is 10.7. The van der Waals surface area contributed by atoms with Crippen molar-refractivity contribution in [2.75, 3.05) is 0 Å². The summed E-state index contributed by atoms with van der Waals surface area (Å²) in [6, 6.07) is -1.80. The first-order chi connectivity index (χ1) is 14.3. The van der Waals surface area contributed by atoms with Crippen LogP contribution in [-0.2, 0) is 19.1 Å². The van der Waals surface area contributed by atoms with Gasteiger partial charge in [0.1, 0.15) is 23.3 Å². The number of hydrogen-bond donors (Lipinski definition) is 4. The number of carbonyl (C=O) groups excluding carboxylic acids is 2. The molecule has 0 radical (unpaired) electrons. The lowest BCUT2D eigenvalue weighted by Gasteiger charge is -2.24. The highest BCUT2D eigenvalue weighted by Crippen LogP contribution is 2.11. The molecular weight excluding hydrogens is 420 g/mol. The Kier molecular flexibility index (Phi) is 13.7. The van der Waals surface area contributed by atoms with Crippen LogP contribution in [0, 0.1) is 11.8 Å². The summed E-state index contributed by atoms with van der Waals surface area (Å²) in [5.41, 5.74) is -1.24. The molecule has 0 saturated carbocycles. The SMILES string of the molecule is CC(C)C[C@H](NC(=O)OC(C)(C)C)C(=O)O.CC[C@@H](C)[C@H](NC(=O)OC(C)(C)C)C(=O)O. The number of hydrogen-bond acceptors (Lipinski definition) is 6. The van der Waals surface area contributed by atoms with Crippen LogP contribution in [0.1, 0.15) is 82.1 Å². The van der Waals surface area contributed by atoms with Gasteiger partial charge in [-0.2, -0.15) is 0 Å². The molecule has 4 N–H and O–H groups in total. The fourth-order valence-corrected chi connectivity index (χ4v) is 2.26. The average Bonchev–Trinajstić information content (AvgIpc) is 2.55. The minimum absolute atomic E-state index is 0.134. The van der Waals surface area contributed by atoms with E-state index in [0.717, 1.165) is 0 Å². The molecule has 2 amide bonds. The van der Waals surface area contributed by atoms with Crippen LogP contribution in [-0.4, -0.2) is 57.6 Å². The summed E-state index contributed by atoms with van der Waals surface area (Å²) in [4.78, 5) is 44.6. The summed E-state index contributed by atoms with van der Waals surface area (Å²) in [5.74, 6) is -2.03. The Morgan fingerprint density at radius 1 is 0.781 bits per heavy atom. The van der Waals surface area contributed by atoms with Crippen molar-refractivity contribution in [1.29, 1.82) is 0 Å². The number of carbonyl (C=O) groups is 4. The van der Waals surface area contributed by atoms with Gasteiger partial charge in [0.15, 0.2) is 0 Å². The van der Waals surface area contributed by atoms with Gasteiger partial charge in [0.2, 0.25) is 0 Å². The Morgan fingerprint density at radius 2 is 1.19 bits per heavy atom. The second kappa shape index (κ2) is 13.8.